The van der Waals surface area contributed by atoms with Crippen molar-refractivity contribution < 1.29 is 14.3 Å². The van der Waals surface area contributed by atoms with Crippen LogP contribution in [0.3, 0.4) is 0 Å². The smallest absolute Gasteiger partial charge is 0.243 e. The van der Waals surface area contributed by atoms with E-state index >= 15 is 0 Å². The summed E-state index contributed by atoms with van der Waals surface area (Å²) in [6.07, 6.45) is 0.648. The molecule has 0 aliphatic heterocycles. The van der Waals surface area contributed by atoms with Crippen LogP contribution in [0.1, 0.15) is 48.4 Å². The lowest BCUT2D eigenvalue weighted by Gasteiger charge is -2.33. The Balaban J connectivity index is 1.74. The molecule has 2 amide bonds. The van der Waals surface area contributed by atoms with Crippen molar-refractivity contribution in [3.8, 4) is 5.75 Å². The molecule has 0 fully saturated rings. The molecule has 4 aromatic rings. The van der Waals surface area contributed by atoms with Crippen LogP contribution in [0.2, 0.25) is 0 Å². The molecule has 1 unspecified atom stereocenters. The Morgan fingerprint density at radius 1 is 0.750 bits per heavy atom. The fourth-order valence-corrected chi connectivity index (χ4v) is 4.99. The highest BCUT2D eigenvalue weighted by atomic mass is 16.5. The van der Waals surface area contributed by atoms with Gasteiger partial charge in [-0.1, -0.05) is 103 Å². The highest BCUT2D eigenvalue weighted by Crippen LogP contribution is 2.30. The zero-order valence-electron chi connectivity index (χ0n) is 23.5. The van der Waals surface area contributed by atoms with Gasteiger partial charge >= 0.3 is 0 Å². The van der Waals surface area contributed by atoms with E-state index in [0.29, 0.717) is 12.2 Å². The molecular formula is C35H38N2O3. The minimum atomic E-state index is -0.685. The van der Waals surface area contributed by atoms with E-state index in [-0.39, 0.29) is 36.7 Å². The SMILES string of the molecule is COc1cccc(CN(C(=O)CC(c2ccccc2)c2ccccc2)C(Cc2ccccc2)C(=O)NC(C)C)c1. The third-order valence-electron chi connectivity index (χ3n) is 6.97. The van der Waals surface area contributed by atoms with Crippen molar-refractivity contribution in [3.63, 3.8) is 0 Å². The molecule has 0 bridgehead atoms. The van der Waals surface area contributed by atoms with E-state index in [1.54, 1.807) is 12.0 Å². The molecule has 0 aliphatic carbocycles. The van der Waals surface area contributed by atoms with Gasteiger partial charge in [-0.25, -0.2) is 0 Å². The summed E-state index contributed by atoms with van der Waals surface area (Å²) in [5, 5.41) is 3.07. The topological polar surface area (TPSA) is 58.6 Å². The van der Waals surface area contributed by atoms with Gasteiger partial charge in [0, 0.05) is 31.3 Å². The lowest BCUT2D eigenvalue weighted by molar-refractivity contribution is -0.141. The van der Waals surface area contributed by atoms with Crippen LogP contribution in [0.5, 0.6) is 5.75 Å². The first-order valence-electron chi connectivity index (χ1n) is 13.8. The number of carbonyl (C=O) groups is 2. The van der Waals surface area contributed by atoms with Crippen LogP contribution < -0.4 is 10.1 Å². The molecule has 0 heterocycles. The molecule has 0 aromatic heterocycles. The van der Waals surface area contributed by atoms with Crippen molar-refractivity contribution in [2.24, 2.45) is 0 Å². The van der Waals surface area contributed by atoms with Gasteiger partial charge in [0.15, 0.2) is 0 Å². The van der Waals surface area contributed by atoms with E-state index in [4.69, 9.17) is 4.74 Å². The van der Waals surface area contributed by atoms with E-state index in [2.05, 4.69) is 29.6 Å². The van der Waals surface area contributed by atoms with Crippen molar-refractivity contribution in [3.05, 3.63) is 138 Å². The van der Waals surface area contributed by atoms with E-state index in [9.17, 15) is 9.59 Å². The third kappa shape index (κ3) is 7.82. The molecular weight excluding hydrogens is 496 g/mol. The Morgan fingerprint density at radius 2 is 1.30 bits per heavy atom. The fourth-order valence-electron chi connectivity index (χ4n) is 4.99. The first-order chi connectivity index (χ1) is 19.4. The van der Waals surface area contributed by atoms with Crippen LogP contribution in [0.4, 0.5) is 0 Å². The van der Waals surface area contributed by atoms with Crippen LogP contribution in [0.15, 0.2) is 115 Å². The summed E-state index contributed by atoms with van der Waals surface area (Å²) >= 11 is 0. The van der Waals surface area contributed by atoms with Crippen molar-refractivity contribution in [1.82, 2.24) is 10.2 Å². The molecule has 5 heteroatoms. The average Bonchev–Trinajstić information content (AvgIpc) is 2.98. The number of rotatable bonds is 12. The molecule has 0 radical (unpaired) electrons. The minimum absolute atomic E-state index is 0.0547. The summed E-state index contributed by atoms with van der Waals surface area (Å²) in [6.45, 7) is 4.16. The predicted octanol–water partition coefficient (Wildman–Crippen LogP) is 6.38. The summed E-state index contributed by atoms with van der Waals surface area (Å²) in [5.74, 6) is 0.322. The molecule has 0 saturated carbocycles. The first-order valence-corrected chi connectivity index (χ1v) is 13.8. The van der Waals surface area contributed by atoms with Gasteiger partial charge in [-0.2, -0.15) is 0 Å². The van der Waals surface area contributed by atoms with Gasteiger partial charge in [0.25, 0.3) is 0 Å². The van der Waals surface area contributed by atoms with Gasteiger partial charge in [-0.15, -0.1) is 0 Å². The predicted molar refractivity (Wildman–Crippen MR) is 160 cm³/mol. The summed E-state index contributed by atoms with van der Waals surface area (Å²) in [4.78, 5) is 29.9. The second-order valence-electron chi connectivity index (χ2n) is 10.3. The average molecular weight is 535 g/mol. The van der Waals surface area contributed by atoms with Gasteiger partial charge in [0.1, 0.15) is 11.8 Å². The molecule has 1 N–H and O–H groups in total. The largest absolute Gasteiger partial charge is 0.497 e. The Hall–Kier alpha value is -4.38. The number of amides is 2. The third-order valence-corrected chi connectivity index (χ3v) is 6.97. The molecule has 0 aliphatic rings. The van der Waals surface area contributed by atoms with E-state index in [1.807, 2.05) is 105 Å². The number of ether oxygens (including phenoxy) is 1. The first kappa shape index (κ1) is 28.6. The van der Waals surface area contributed by atoms with Crippen LogP contribution in [-0.4, -0.2) is 35.9 Å². The summed E-state index contributed by atoms with van der Waals surface area (Å²) in [6, 6.07) is 37.0. The number of carbonyl (C=O) groups excluding carboxylic acids is 2. The highest BCUT2D eigenvalue weighted by Gasteiger charge is 2.32. The van der Waals surface area contributed by atoms with Gasteiger partial charge in [-0.3, -0.25) is 9.59 Å². The number of benzene rings is 4. The van der Waals surface area contributed by atoms with Crippen molar-refractivity contribution in [1.29, 1.82) is 0 Å². The van der Waals surface area contributed by atoms with E-state index < -0.39 is 6.04 Å². The zero-order chi connectivity index (χ0) is 28.3. The molecule has 4 aromatic carbocycles. The second-order valence-corrected chi connectivity index (χ2v) is 10.3. The molecule has 206 valence electrons. The van der Waals surface area contributed by atoms with Gasteiger partial charge in [-0.05, 0) is 48.2 Å². The molecule has 4 rings (SSSR count). The van der Waals surface area contributed by atoms with Gasteiger partial charge in [0.05, 0.1) is 7.11 Å². The molecule has 0 saturated heterocycles. The fraction of sp³-hybridized carbons (Fsp3) is 0.257. The Bertz CT molecular complexity index is 1320. The maximum absolute atomic E-state index is 14.4. The summed E-state index contributed by atoms with van der Waals surface area (Å²) in [7, 11) is 1.63. The lowest BCUT2D eigenvalue weighted by Crippen LogP contribution is -2.52. The number of nitrogens with zero attached hydrogens (tertiary/aromatic N) is 1. The van der Waals surface area contributed by atoms with E-state index in [0.717, 1.165) is 22.3 Å². The lowest BCUT2D eigenvalue weighted by atomic mass is 9.87. The van der Waals surface area contributed by atoms with Crippen LogP contribution in [0, 0.1) is 0 Å². The maximum atomic E-state index is 14.4. The maximum Gasteiger partial charge on any atom is 0.243 e. The summed E-state index contributed by atoms with van der Waals surface area (Å²) < 4.78 is 5.45. The van der Waals surface area contributed by atoms with Crippen LogP contribution in [-0.2, 0) is 22.6 Å². The Labute approximate surface area is 237 Å². The Kier molecular flexibility index (Phi) is 10.1. The van der Waals surface area contributed by atoms with Gasteiger partial charge < -0.3 is 15.0 Å². The van der Waals surface area contributed by atoms with Crippen LogP contribution in [0.25, 0.3) is 0 Å². The highest BCUT2D eigenvalue weighted by molar-refractivity contribution is 5.88. The van der Waals surface area contributed by atoms with Gasteiger partial charge in [0.2, 0.25) is 11.8 Å². The standard InChI is InChI=1S/C35H38N2O3/c1-26(2)36-35(39)33(23-27-14-7-4-8-15-27)37(25-28-16-13-21-31(22-28)40-3)34(38)24-32(29-17-9-5-10-18-29)30-19-11-6-12-20-30/h4-22,26,32-33H,23-25H2,1-3H3,(H,36,39). The Morgan fingerprint density at radius 3 is 1.85 bits per heavy atom. The molecule has 1 atom stereocenters. The van der Waals surface area contributed by atoms with Crippen molar-refractivity contribution in [2.75, 3.05) is 7.11 Å². The molecule has 0 spiro atoms. The minimum Gasteiger partial charge on any atom is -0.497 e. The summed E-state index contributed by atoms with van der Waals surface area (Å²) in [5.41, 5.74) is 4.03. The number of hydrogen-bond donors (Lipinski definition) is 1. The van der Waals surface area contributed by atoms with Crippen molar-refractivity contribution >= 4 is 11.8 Å². The number of nitrogens with one attached hydrogen (secondary N) is 1. The van der Waals surface area contributed by atoms with Crippen LogP contribution >= 0.6 is 0 Å². The quantitative estimate of drug-likeness (QED) is 0.229. The molecule has 5 nitrogen and oxygen atoms in total. The zero-order valence-corrected chi connectivity index (χ0v) is 23.5. The monoisotopic (exact) mass is 534 g/mol. The second kappa shape index (κ2) is 14.1. The normalized spacial score (nSPS) is 11.7. The number of methoxy groups -OCH3 is 1. The van der Waals surface area contributed by atoms with Crippen molar-refractivity contribution in [2.45, 2.75) is 51.2 Å². The van der Waals surface area contributed by atoms with E-state index in [1.165, 1.54) is 0 Å². The number of hydrogen-bond acceptors (Lipinski definition) is 3. The molecule has 40 heavy (non-hydrogen) atoms.